The van der Waals surface area contributed by atoms with Crippen LogP contribution in [0, 0.1) is 0 Å². The molecule has 0 bridgehead atoms. The Morgan fingerprint density at radius 1 is 1.07 bits per heavy atom. The predicted molar refractivity (Wildman–Crippen MR) is 72.4 cm³/mol. The second kappa shape index (κ2) is 6.36. The van der Waals surface area contributed by atoms with Crippen LogP contribution in [0.5, 0.6) is 0 Å². The van der Waals surface area contributed by atoms with Gasteiger partial charge in [0.25, 0.3) is 0 Å². The Kier molecular flexibility index (Phi) is 5.79. The van der Waals surface area contributed by atoms with Crippen molar-refractivity contribution in [1.29, 1.82) is 0 Å². The molecule has 0 nitrogen and oxygen atoms in total. The number of halogens is 4. The Balaban J connectivity index is 2.44. The highest BCUT2D eigenvalue weighted by molar-refractivity contribution is 7.64. The van der Waals surface area contributed by atoms with E-state index in [2.05, 4.69) is 12.1 Å². The van der Waals surface area contributed by atoms with Crippen molar-refractivity contribution in [3.8, 4) is 0 Å². The van der Waals surface area contributed by atoms with Crippen molar-refractivity contribution in [3.63, 3.8) is 0 Å². The second-order valence-electron chi connectivity index (χ2n) is 3.42. The third-order valence-corrected chi connectivity index (χ3v) is 5.00. The lowest BCUT2D eigenvalue weighted by Crippen LogP contribution is -2.08. The maximum atomic E-state index is 5.81. The zero-order valence-corrected chi connectivity index (χ0v) is 12.2. The summed E-state index contributed by atoms with van der Waals surface area (Å²) in [5, 5.41) is 0. The van der Waals surface area contributed by atoms with Crippen molar-refractivity contribution >= 4 is 50.8 Å². The number of hydrogen-bond acceptors (Lipinski definition) is 0. The van der Waals surface area contributed by atoms with Gasteiger partial charge in [0, 0.05) is 5.88 Å². The fourth-order valence-electron chi connectivity index (χ4n) is 1.36. The van der Waals surface area contributed by atoms with E-state index >= 15 is 0 Å². The molecule has 0 amide bonds. The first-order chi connectivity index (χ1) is 7.01. The SMILES string of the molecule is ClCc1cccc(CCC[Si](Cl)(Cl)Cl)c1. The van der Waals surface area contributed by atoms with Gasteiger partial charge in [-0.05, 0) is 30.0 Å². The zero-order valence-electron chi connectivity index (χ0n) is 8.15. The molecule has 0 spiro atoms. The van der Waals surface area contributed by atoms with E-state index in [1.54, 1.807) is 0 Å². The smallest absolute Gasteiger partial charge is 0.126 e. The van der Waals surface area contributed by atoms with Gasteiger partial charge in [-0.3, -0.25) is 0 Å². The van der Waals surface area contributed by atoms with Crippen molar-refractivity contribution in [3.05, 3.63) is 35.4 Å². The van der Waals surface area contributed by atoms with E-state index in [0.29, 0.717) is 11.9 Å². The Hall–Kier alpha value is 0.597. The molecule has 0 radical (unpaired) electrons. The van der Waals surface area contributed by atoms with Gasteiger partial charge in [-0.1, -0.05) is 24.3 Å². The van der Waals surface area contributed by atoms with Gasteiger partial charge in [0.15, 0.2) is 0 Å². The number of aryl methyl sites for hydroxylation is 1. The minimum Gasteiger partial charge on any atom is -0.126 e. The van der Waals surface area contributed by atoms with Crippen molar-refractivity contribution in [2.45, 2.75) is 24.8 Å². The first-order valence-electron chi connectivity index (χ1n) is 4.72. The van der Waals surface area contributed by atoms with E-state index < -0.39 is 6.00 Å². The molecule has 15 heavy (non-hydrogen) atoms. The summed E-state index contributed by atoms with van der Waals surface area (Å²) in [6, 6.07) is 6.48. The van der Waals surface area contributed by atoms with Crippen molar-refractivity contribution in [1.82, 2.24) is 0 Å². The monoisotopic (exact) mass is 300 g/mol. The molecule has 0 saturated carbocycles. The van der Waals surface area contributed by atoms with Crippen LogP contribution in [0.25, 0.3) is 0 Å². The molecule has 1 rings (SSSR count). The van der Waals surface area contributed by atoms with Crippen LogP contribution >= 0.6 is 44.8 Å². The van der Waals surface area contributed by atoms with Crippen LogP contribution < -0.4 is 0 Å². The predicted octanol–water partition coefficient (Wildman–Crippen LogP) is 5.01. The van der Waals surface area contributed by atoms with Crippen molar-refractivity contribution in [2.75, 3.05) is 0 Å². The minimum atomic E-state index is -2.44. The Morgan fingerprint density at radius 2 is 1.73 bits per heavy atom. The lowest BCUT2D eigenvalue weighted by Gasteiger charge is -2.07. The van der Waals surface area contributed by atoms with Gasteiger partial charge >= 0.3 is 6.00 Å². The molecule has 0 aliphatic carbocycles. The van der Waals surface area contributed by atoms with Crippen molar-refractivity contribution < 1.29 is 0 Å². The maximum absolute atomic E-state index is 5.81. The van der Waals surface area contributed by atoms with Gasteiger partial charge < -0.3 is 0 Å². The van der Waals surface area contributed by atoms with E-state index in [0.717, 1.165) is 18.4 Å². The first kappa shape index (κ1) is 13.7. The lowest BCUT2D eigenvalue weighted by molar-refractivity contribution is 0.913. The molecule has 1 aromatic rings. The topological polar surface area (TPSA) is 0 Å². The van der Waals surface area contributed by atoms with Crippen LogP contribution in [0.2, 0.25) is 6.04 Å². The number of hydrogen-bond donors (Lipinski definition) is 0. The summed E-state index contributed by atoms with van der Waals surface area (Å²) >= 11 is 23.2. The van der Waals surface area contributed by atoms with E-state index in [-0.39, 0.29) is 0 Å². The van der Waals surface area contributed by atoms with Gasteiger partial charge in [0.1, 0.15) is 0 Å². The number of benzene rings is 1. The Labute approximate surface area is 111 Å². The molecule has 0 aliphatic rings. The van der Waals surface area contributed by atoms with E-state index in [1.807, 2.05) is 12.1 Å². The molecule has 0 aliphatic heterocycles. The van der Waals surface area contributed by atoms with Crippen LogP contribution in [0.15, 0.2) is 24.3 Å². The molecule has 5 heteroatoms. The molecule has 0 atom stereocenters. The average molecular weight is 302 g/mol. The van der Waals surface area contributed by atoms with Gasteiger partial charge in [-0.15, -0.1) is 44.8 Å². The van der Waals surface area contributed by atoms with Gasteiger partial charge in [-0.2, -0.15) is 0 Å². The summed E-state index contributed by atoms with van der Waals surface area (Å²) in [7, 11) is 0. The highest BCUT2D eigenvalue weighted by atomic mass is 35.8. The summed E-state index contributed by atoms with van der Waals surface area (Å²) in [5.74, 6) is 0.549. The zero-order chi connectivity index (χ0) is 11.3. The summed E-state index contributed by atoms with van der Waals surface area (Å²) in [4.78, 5) is 0. The normalized spacial score (nSPS) is 11.7. The summed E-state index contributed by atoms with van der Waals surface area (Å²) < 4.78 is 0. The first-order valence-corrected chi connectivity index (χ1v) is 10.5. The molecular weight excluding hydrogens is 290 g/mol. The van der Waals surface area contributed by atoms with Gasteiger partial charge in [0.2, 0.25) is 0 Å². The summed E-state index contributed by atoms with van der Waals surface area (Å²) in [6.07, 6.45) is 1.88. The molecule has 1 aromatic carbocycles. The molecule has 0 saturated heterocycles. The number of alkyl halides is 1. The highest BCUT2D eigenvalue weighted by Gasteiger charge is 2.23. The van der Waals surface area contributed by atoms with E-state index in [4.69, 9.17) is 44.8 Å². The molecule has 0 unspecified atom stereocenters. The standard InChI is InChI=1S/C10H12Cl4Si/c11-8-10-4-1-3-9(7-10)5-2-6-15(12,13)14/h1,3-4,7H,2,5-6,8H2. The van der Waals surface area contributed by atoms with E-state index in [1.165, 1.54) is 5.56 Å². The van der Waals surface area contributed by atoms with Crippen LogP contribution in [0.3, 0.4) is 0 Å². The molecule has 0 fully saturated rings. The van der Waals surface area contributed by atoms with E-state index in [9.17, 15) is 0 Å². The quantitative estimate of drug-likeness (QED) is 0.407. The highest BCUT2D eigenvalue weighted by Crippen LogP contribution is 2.27. The van der Waals surface area contributed by atoms with Crippen LogP contribution in [-0.2, 0) is 12.3 Å². The van der Waals surface area contributed by atoms with Crippen LogP contribution in [0.4, 0.5) is 0 Å². The van der Waals surface area contributed by atoms with Gasteiger partial charge in [-0.25, -0.2) is 0 Å². The molecule has 0 aromatic heterocycles. The Morgan fingerprint density at radius 3 is 2.33 bits per heavy atom. The summed E-state index contributed by atoms with van der Waals surface area (Å²) in [5.41, 5.74) is 2.40. The molecule has 0 heterocycles. The average Bonchev–Trinajstić information content (AvgIpc) is 2.16. The molecule has 0 N–H and O–H groups in total. The fraction of sp³-hybridized carbons (Fsp3) is 0.400. The summed E-state index contributed by atoms with van der Waals surface area (Å²) in [6.45, 7) is 0. The third-order valence-electron chi connectivity index (χ3n) is 2.07. The third kappa shape index (κ3) is 6.03. The molecule has 84 valence electrons. The van der Waals surface area contributed by atoms with Gasteiger partial charge in [0.05, 0.1) is 0 Å². The van der Waals surface area contributed by atoms with Crippen molar-refractivity contribution in [2.24, 2.45) is 0 Å². The fourth-order valence-corrected chi connectivity index (χ4v) is 3.31. The van der Waals surface area contributed by atoms with Crippen LogP contribution in [0.1, 0.15) is 17.5 Å². The lowest BCUT2D eigenvalue weighted by atomic mass is 10.1. The minimum absolute atomic E-state index is 0.549. The van der Waals surface area contributed by atoms with Crippen LogP contribution in [-0.4, -0.2) is 6.00 Å². The Bertz CT molecular complexity index is 309. The molecular formula is C10H12Cl4Si. The number of rotatable bonds is 5. The largest absolute Gasteiger partial charge is 0.341 e. The maximum Gasteiger partial charge on any atom is 0.341 e. The second-order valence-corrected chi connectivity index (χ2v) is 13.0.